The van der Waals surface area contributed by atoms with Crippen molar-refractivity contribution < 1.29 is 98.9 Å². The van der Waals surface area contributed by atoms with Crippen molar-refractivity contribution in [1.29, 1.82) is 0 Å². The molecule has 0 heterocycles. The van der Waals surface area contributed by atoms with E-state index >= 15 is 0 Å². The molecule has 324 valence electrons. The maximum Gasteiger partial charge on any atom is 0.460 e. The van der Waals surface area contributed by atoms with Crippen molar-refractivity contribution >= 4 is 14.2 Å². The molecule has 1 aromatic carbocycles. The molecule has 24 heteroatoms. The Bertz CT molecular complexity index is 1490. The highest BCUT2D eigenvalue weighted by Gasteiger charge is 2.95. The number of rotatable bonds is 21. The first-order valence-electron chi connectivity index (χ1n) is 16.1. The van der Waals surface area contributed by atoms with Crippen LogP contribution in [0.4, 0.5) is 74.6 Å². The number of halogens is 17. The average Bonchev–Trinajstić information content (AvgIpc) is 3.08. The van der Waals surface area contributed by atoms with Gasteiger partial charge in [0.05, 0.1) is 12.7 Å². The zero-order chi connectivity index (χ0) is 44.1. The number of aliphatic hydroxyl groups is 1. The zero-order valence-corrected chi connectivity index (χ0v) is 30.8. The number of aliphatic hydroxyl groups excluding tert-OH is 1. The van der Waals surface area contributed by atoms with Crippen LogP contribution >= 0.6 is 0 Å². The molecule has 2 atom stereocenters. The van der Waals surface area contributed by atoms with Crippen LogP contribution in [0.3, 0.4) is 0 Å². The number of carbonyl (C=O) groups excluding carboxylic acids is 1. The van der Waals surface area contributed by atoms with Crippen LogP contribution in [0, 0.1) is 5.92 Å². The maximum absolute atomic E-state index is 14.8. The molecule has 6 nitrogen and oxygen atoms in total. The molecule has 3 N–H and O–H groups in total. The molecule has 0 spiro atoms. The van der Waals surface area contributed by atoms with Crippen LogP contribution in [0.5, 0.6) is 5.75 Å². The smallest absolute Gasteiger partial charge is 0.460 e. The predicted octanol–water partition coefficient (Wildman–Crippen LogP) is 10.5. The molecule has 0 aliphatic heterocycles. The topological polar surface area (TPSA) is 88.0 Å². The Balaban J connectivity index is 3.19. The Kier molecular flexibility index (Phi) is 16.2. The van der Waals surface area contributed by atoms with Crippen LogP contribution < -0.4 is 10.2 Å². The van der Waals surface area contributed by atoms with Crippen LogP contribution in [-0.2, 0) is 9.22 Å². The van der Waals surface area contributed by atoms with Crippen molar-refractivity contribution in [2.45, 2.75) is 112 Å². The van der Waals surface area contributed by atoms with Gasteiger partial charge in [0.2, 0.25) is 0 Å². The first kappa shape index (κ1) is 50.9. The quantitative estimate of drug-likeness (QED) is 0.0218. The van der Waals surface area contributed by atoms with Crippen molar-refractivity contribution in [2.24, 2.45) is 5.92 Å². The van der Waals surface area contributed by atoms with Crippen LogP contribution in [0.1, 0.15) is 52.7 Å². The summed E-state index contributed by atoms with van der Waals surface area (Å²) in [6.07, 6.45) is -6.16. The molecular formula is C32H38F17NO5Si. The number of hydrogen-bond donors (Lipinski definition) is 3. The number of nitrogens with one attached hydrogen (secondary N) is 1. The van der Waals surface area contributed by atoms with E-state index in [1.807, 2.05) is 0 Å². The minimum absolute atomic E-state index is 0.150. The molecular weight excluding hydrogens is 829 g/mol. The van der Waals surface area contributed by atoms with Crippen LogP contribution in [0.25, 0.3) is 0 Å². The Morgan fingerprint density at radius 3 is 1.57 bits per heavy atom. The SMILES string of the molecule is CC(C)[Si](CCC(F)(F)C(F)(F)C(F)(F)C(F)(F)C(F)(F)C(F)(F)C(F)(F)C(F)(F)F)(OCCOc1ccc([C@H](O)[C@H](C)/C=C/C=C/C(=O)NO)cc1)C(C)C. The van der Waals surface area contributed by atoms with Gasteiger partial charge in [-0.15, -0.1) is 0 Å². The van der Waals surface area contributed by atoms with Gasteiger partial charge in [-0.1, -0.05) is 65.0 Å². The molecule has 0 fully saturated rings. The van der Waals surface area contributed by atoms with E-state index in [1.54, 1.807) is 6.92 Å². The van der Waals surface area contributed by atoms with E-state index in [4.69, 9.17) is 14.4 Å². The molecule has 56 heavy (non-hydrogen) atoms. The predicted molar refractivity (Wildman–Crippen MR) is 166 cm³/mol. The summed E-state index contributed by atoms with van der Waals surface area (Å²) in [5.41, 5.74) is 0.0546. The van der Waals surface area contributed by atoms with E-state index in [-0.39, 0.29) is 12.4 Å². The summed E-state index contributed by atoms with van der Waals surface area (Å²) in [6.45, 7) is 6.02. The lowest BCUT2D eigenvalue weighted by atomic mass is 9.88. The first-order chi connectivity index (χ1) is 25.1. The van der Waals surface area contributed by atoms with Crippen molar-refractivity contribution in [3.63, 3.8) is 0 Å². The Labute approximate surface area is 309 Å². The fourth-order valence-electron chi connectivity index (χ4n) is 5.34. The number of carbonyl (C=O) groups is 1. The monoisotopic (exact) mass is 867 g/mol. The van der Waals surface area contributed by atoms with Gasteiger partial charge in [-0.05, 0) is 34.8 Å². The van der Waals surface area contributed by atoms with E-state index in [1.165, 1.54) is 75.7 Å². The minimum atomic E-state index is -8.68. The van der Waals surface area contributed by atoms with Crippen LogP contribution in [0.15, 0.2) is 48.6 Å². The van der Waals surface area contributed by atoms with Gasteiger partial charge in [0.15, 0.2) is 8.32 Å². The summed E-state index contributed by atoms with van der Waals surface area (Å²) in [5.74, 6) is -57.8. The van der Waals surface area contributed by atoms with Gasteiger partial charge in [0.1, 0.15) is 12.4 Å². The second kappa shape index (κ2) is 17.8. The highest BCUT2D eigenvalue weighted by molar-refractivity contribution is 6.76. The molecule has 0 unspecified atom stereocenters. The fourth-order valence-corrected chi connectivity index (χ4v) is 9.80. The van der Waals surface area contributed by atoms with Gasteiger partial charge in [-0.25, -0.2) is 5.48 Å². The number of amides is 1. The number of hydrogen-bond acceptors (Lipinski definition) is 5. The van der Waals surface area contributed by atoms with E-state index in [0.717, 1.165) is 6.08 Å². The Morgan fingerprint density at radius 1 is 0.696 bits per heavy atom. The highest BCUT2D eigenvalue weighted by Crippen LogP contribution is 2.64. The van der Waals surface area contributed by atoms with Gasteiger partial charge in [-0.3, -0.25) is 10.0 Å². The van der Waals surface area contributed by atoms with E-state index in [9.17, 15) is 84.5 Å². The maximum atomic E-state index is 14.8. The number of hydroxylamine groups is 1. The molecule has 1 amide bonds. The fraction of sp³-hybridized carbons (Fsp3) is 0.656. The van der Waals surface area contributed by atoms with Gasteiger partial charge < -0.3 is 14.3 Å². The second-order valence-corrected chi connectivity index (χ2v) is 18.2. The Morgan fingerprint density at radius 2 is 1.14 bits per heavy atom. The van der Waals surface area contributed by atoms with Gasteiger partial charge in [0, 0.05) is 18.4 Å². The standard InChI is InChI=1S/C32H38F17NO5Si/c1-18(2)56(19(3)4,55-16-15-54-22-12-10-21(11-13-22)24(52)20(5)8-6-7-9-23(51)50-53)17-14-25(33,34)26(35,36)27(37,38)28(39,40)29(41,42)30(43,44)31(45,46)32(47,48)49/h6-13,18-20,24,52-53H,14-17H2,1-5H3,(H,50,51)/b8-6+,9-7+/t20-,24-/m1/s1. The molecule has 0 radical (unpaired) electrons. The molecule has 1 rings (SSSR count). The molecule has 0 bridgehead atoms. The number of ether oxygens (including phenoxy) is 1. The summed E-state index contributed by atoms with van der Waals surface area (Å²) in [6, 6.07) is 4.36. The molecule has 0 aromatic heterocycles. The minimum Gasteiger partial charge on any atom is -0.491 e. The number of allylic oxidation sites excluding steroid dienone is 2. The molecule has 0 saturated carbocycles. The average molecular weight is 868 g/mol. The lowest BCUT2D eigenvalue weighted by molar-refractivity contribution is -0.461. The number of benzene rings is 1. The summed E-state index contributed by atoms with van der Waals surface area (Å²) >= 11 is 0. The van der Waals surface area contributed by atoms with E-state index in [2.05, 4.69) is 0 Å². The summed E-state index contributed by atoms with van der Waals surface area (Å²) < 4.78 is 245. The van der Waals surface area contributed by atoms with Crippen molar-refractivity contribution in [2.75, 3.05) is 13.2 Å². The van der Waals surface area contributed by atoms with Crippen LogP contribution in [-0.4, -0.2) is 85.4 Å². The lowest BCUT2D eigenvalue weighted by Gasteiger charge is -2.44. The highest BCUT2D eigenvalue weighted by atomic mass is 28.4. The summed E-state index contributed by atoms with van der Waals surface area (Å²) in [7, 11) is -3.95. The summed E-state index contributed by atoms with van der Waals surface area (Å²) in [4.78, 5) is 11.0. The second-order valence-electron chi connectivity index (χ2n) is 13.2. The lowest BCUT2D eigenvalue weighted by Crippen LogP contribution is -2.74. The van der Waals surface area contributed by atoms with Crippen molar-refractivity contribution in [3.05, 3.63) is 54.1 Å². The normalized spacial score (nSPS) is 16.0. The third-order valence-electron chi connectivity index (χ3n) is 8.90. The first-order valence-corrected chi connectivity index (χ1v) is 18.4. The van der Waals surface area contributed by atoms with Crippen LogP contribution in [0.2, 0.25) is 17.1 Å². The van der Waals surface area contributed by atoms with E-state index in [0.29, 0.717) is 5.56 Å². The Hall–Kier alpha value is -3.12. The molecule has 1 aromatic rings. The van der Waals surface area contributed by atoms with E-state index < -0.39 is 104 Å². The van der Waals surface area contributed by atoms with Crippen molar-refractivity contribution in [3.8, 4) is 5.75 Å². The van der Waals surface area contributed by atoms with Gasteiger partial charge in [0.25, 0.3) is 5.91 Å². The number of alkyl halides is 17. The summed E-state index contributed by atoms with van der Waals surface area (Å²) in [5, 5.41) is 19.0. The molecule has 0 aliphatic rings. The third kappa shape index (κ3) is 9.76. The third-order valence-corrected chi connectivity index (χ3v) is 14.6. The zero-order valence-electron chi connectivity index (χ0n) is 29.8. The molecule has 0 aliphatic carbocycles. The van der Waals surface area contributed by atoms with Gasteiger partial charge in [-0.2, -0.15) is 74.6 Å². The van der Waals surface area contributed by atoms with Crippen molar-refractivity contribution in [1.82, 2.24) is 5.48 Å². The molecule has 0 saturated heterocycles. The van der Waals surface area contributed by atoms with Gasteiger partial charge >= 0.3 is 47.6 Å². The largest absolute Gasteiger partial charge is 0.491 e.